The van der Waals surface area contributed by atoms with Gasteiger partial charge in [0.15, 0.2) is 0 Å². The molecule has 6 nitrogen and oxygen atoms in total. The Morgan fingerprint density at radius 1 is 0.966 bits per heavy atom. The number of hydrogen-bond acceptors (Lipinski definition) is 4. The number of pyridine rings is 1. The average molecular weight is 390 g/mol. The monoisotopic (exact) mass is 390 g/mol. The number of nitrogens with two attached hydrogens (primary N) is 1. The van der Waals surface area contributed by atoms with Gasteiger partial charge < -0.3 is 15.9 Å². The van der Waals surface area contributed by atoms with Gasteiger partial charge in [0.25, 0.3) is 0 Å². The van der Waals surface area contributed by atoms with Gasteiger partial charge >= 0.3 is 11.9 Å². The minimum Gasteiger partial charge on any atom is -0.478 e. The van der Waals surface area contributed by atoms with Crippen molar-refractivity contribution in [2.24, 2.45) is 5.73 Å². The lowest BCUT2D eigenvalue weighted by atomic mass is 9.92. The second kappa shape index (κ2) is 10.5. The van der Waals surface area contributed by atoms with E-state index in [1.165, 1.54) is 5.39 Å². The van der Waals surface area contributed by atoms with Gasteiger partial charge in [-0.15, -0.1) is 6.58 Å². The molecule has 148 valence electrons. The van der Waals surface area contributed by atoms with Crippen LogP contribution in [0.3, 0.4) is 0 Å². The summed E-state index contributed by atoms with van der Waals surface area (Å²) in [6, 6.07) is 16.5. The highest BCUT2D eigenvalue weighted by Crippen LogP contribution is 2.33. The zero-order chi connectivity index (χ0) is 21.2. The molecule has 1 aromatic heterocycles. The van der Waals surface area contributed by atoms with Crippen molar-refractivity contribution in [1.29, 1.82) is 0 Å². The zero-order valence-corrected chi connectivity index (χ0v) is 15.7. The maximum atomic E-state index is 9.55. The molecule has 0 aliphatic rings. The Morgan fingerprint density at radius 2 is 1.59 bits per heavy atom. The number of fused-ring (bicyclic) bond motifs is 1. The van der Waals surface area contributed by atoms with Crippen LogP contribution >= 0.6 is 0 Å². The smallest absolute Gasteiger partial charge is 0.328 e. The van der Waals surface area contributed by atoms with E-state index in [-0.39, 0.29) is 6.04 Å². The van der Waals surface area contributed by atoms with Gasteiger partial charge in [0.05, 0.1) is 0 Å². The molecular weight excluding hydrogens is 368 g/mol. The van der Waals surface area contributed by atoms with Crippen molar-refractivity contribution in [2.75, 3.05) is 0 Å². The largest absolute Gasteiger partial charge is 0.478 e. The normalized spacial score (nSPS) is 11.5. The molecule has 0 amide bonds. The van der Waals surface area contributed by atoms with E-state index in [9.17, 15) is 9.59 Å². The Labute approximate surface area is 168 Å². The summed E-state index contributed by atoms with van der Waals surface area (Å²) in [5.74, 6) is -2.51. The van der Waals surface area contributed by atoms with Crippen molar-refractivity contribution in [1.82, 2.24) is 4.98 Å². The van der Waals surface area contributed by atoms with E-state index in [1.54, 1.807) is 0 Å². The van der Waals surface area contributed by atoms with E-state index in [1.807, 2.05) is 36.7 Å². The number of benzene rings is 2. The zero-order valence-electron chi connectivity index (χ0n) is 15.7. The van der Waals surface area contributed by atoms with Crippen molar-refractivity contribution in [3.8, 4) is 11.1 Å². The van der Waals surface area contributed by atoms with Gasteiger partial charge in [-0.05, 0) is 22.9 Å². The fourth-order valence-electron chi connectivity index (χ4n) is 2.85. The van der Waals surface area contributed by atoms with E-state index < -0.39 is 11.9 Å². The van der Waals surface area contributed by atoms with Crippen LogP contribution in [-0.2, 0) is 9.59 Å². The van der Waals surface area contributed by atoms with Crippen LogP contribution in [0.5, 0.6) is 0 Å². The molecule has 1 atom stereocenters. The molecule has 0 fully saturated rings. The predicted molar refractivity (Wildman–Crippen MR) is 113 cm³/mol. The van der Waals surface area contributed by atoms with Crippen molar-refractivity contribution in [3.05, 3.63) is 91.3 Å². The van der Waals surface area contributed by atoms with E-state index >= 15 is 0 Å². The molecule has 0 aliphatic heterocycles. The fourth-order valence-corrected chi connectivity index (χ4v) is 2.85. The first-order valence-electron chi connectivity index (χ1n) is 8.86. The maximum absolute atomic E-state index is 9.55. The lowest BCUT2D eigenvalue weighted by Crippen LogP contribution is -2.10. The number of aromatic nitrogens is 1. The third kappa shape index (κ3) is 6.12. The lowest BCUT2D eigenvalue weighted by molar-refractivity contribution is -0.134. The molecule has 0 saturated heterocycles. The summed E-state index contributed by atoms with van der Waals surface area (Å²) in [4.78, 5) is 23.5. The summed E-state index contributed by atoms with van der Waals surface area (Å²) >= 11 is 0. The molecule has 0 spiro atoms. The summed E-state index contributed by atoms with van der Waals surface area (Å²) in [6.07, 6.45) is 7.55. The van der Waals surface area contributed by atoms with Gasteiger partial charge in [-0.25, -0.2) is 9.59 Å². The molecule has 1 heterocycles. The first-order valence-corrected chi connectivity index (χ1v) is 8.86. The highest BCUT2D eigenvalue weighted by molar-refractivity contribution is 5.96. The number of carbonyl (C=O) groups is 2. The second-order valence-corrected chi connectivity index (χ2v) is 6.14. The first kappa shape index (κ1) is 21.5. The van der Waals surface area contributed by atoms with Gasteiger partial charge in [-0.1, -0.05) is 54.6 Å². The molecule has 0 radical (unpaired) electrons. The molecular formula is C23H22N2O4. The number of nitrogens with zero attached hydrogens (tertiary/aromatic N) is 1. The summed E-state index contributed by atoms with van der Waals surface area (Å²) in [5.41, 5.74) is 9.71. The number of rotatable bonds is 6. The molecule has 2 aromatic carbocycles. The van der Waals surface area contributed by atoms with Gasteiger partial charge in [0.1, 0.15) is 0 Å². The molecule has 3 aromatic rings. The summed E-state index contributed by atoms with van der Waals surface area (Å²) in [7, 11) is 0. The van der Waals surface area contributed by atoms with Crippen molar-refractivity contribution < 1.29 is 19.8 Å². The molecule has 0 bridgehead atoms. The molecule has 0 saturated carbocycles. The van der Waals surface area contributed by atoms with Crippen LogP contribution in [0.25, 0.3) is 21.9 Å². The Hall–Kier alpha value is -3.77. The fraction of sp³-hybridized carbons (Fsp3) is 0.0870. The maximum Gasteiger partial charge on any atom is 0.328 e. The highest BCUT2D eigenvalue weighted by atomic mass is 16.4. The van der Waals surface area contributed by atoms with Gasteiger partial charge in [-0.2, -0.15) is 0 Å². The third-order valence-corrected chi connectivity index (χ3v) is 4.11. The Morgan fingerprint density at radius 3 is 2.24 bits per heavy atom. The Kier molecular flexibility index (Phi) is 7.82. The van der Waals surface area contributed by atoms with Gasteiger partial charge in [0.2, 0.25) is 0 Å². The minimum atomic E-state index is -1.26. The second-order valence-electron chi connectivity index (χ2n) is 6.14. The third-order valence-electron chi connectivity index (χ3n) is 4.11. The molecule has 1 unspecified atom stereocenters. The van der Waals surface area contributed by atoms with E-state index in [0.717, 1.165) is 28.5 Å². The lowest BCUT2D eigenvalue weighted by Gasteiger charge is -2.16. The minimum absolute atomic E-state index is 0.0438. The van der Waals surface area contributed by atoms with Crippen LogP contribution < -0.4 is 5.73 Å². The number of hydrogen-bond donors (Lipinski definition) is 3. The molecule has 3 rings (SSSR count). The van der Waals surface area contributed by atoms with Crippen molar-refractivity contribution >= 4 is 22.7 Å². The van der Waals surface area contributed by atoms with Crippen LogP contribution in [0.4, 0.5) is 0 Å². The molecule has 0 aliphatic carbocycles. The van der Waals surface area contributed by atoms with Gasteiger partial charge in [0, 0.05) is 41.5 Å². The standard InChI is InChI=1S/C19H18N2.C4H4O4/c1-2-7-19(20)17-11-6-5-10-16(17)18-13-21-12-14-8-3-4-9-15(14)18;5-3(6)1-2-4(7)8/h2-6,8-13,19H,1,7,20H2;1-2H,(H,5,6)(H,7,8)/b;2-1+. The molecule has 4 N–H and O–H groups in total. The molecule has 29 heavy (non-hydrogen) atoms. The van der Waals surface area contributed by atoms with Crippen LogP contribution in [0.15, 0.2) is 85.7 Å². The summed E-state index contributed by atoms with van der Waals surface area (Å²) in [6.45, 7) is 3.79. The predicted octanol–water partition coefficient (Wildman–Crippen LogP) is 4.19. The van der Waals surface area contributed by atoms with Crippen molar-refractivity contribution in [3.63, 3.8) is 0 Å². The van der Waals surface area contributed by atoms with E-state index in [0.29, 0.717) is 12.2 Å². The number of carboxylic acids is 2. The highest BCUT2D eigenvalue weighted by Gasteiger charge is 2.13. The van der Waals surface area contributed by atoms with E-state index in [2.05, 4.69) is 41.9 Å². The quantitative estimate of drug-likeness (QED) is 0.430. The SMILES string of the molecule is C=CCC(N)c1ccccc1-c1cncc2ccccc12.O=C(O)/C=C/C(=O)O. The number of aliphatic carboxylic acids is 2. The van der Waals surface area contributed by atoms with Gasteiger partial charge in [-0.3, -0.25) is 4.98 Å². The summed E-state index contributed by atoms with van der Waals surface area (Å²) in [5, 5.41) is 18.0. The van der Waals surface area contributed by atoms with Crippen LogP contribution in [0.2, 0.25) is 0 Å². The topological polar surface area (TPSA) is 114 Å². The van der Waals surface area contributed by atoms with E-state index in [4.69, 9.17) is 15.9 Å². The van der Waals surface area contributed by atoms with Crippen LogP contribution in [0, 0.1) is 0 Å². The Balaban J connectivity index is 0.000000321. The van der Waals surface area contributed by atoms with Crippen LogP contribution in [-0.4, -0.2) is 27.1 Å². The first-order chi connectivity index (χ1) is 13.9. The number of carboxylic acid groups (broad SMARTS) is 2. The van der Waals surface area contributed by atoms with Crippen molar-refractivity contribution in [2.45, 2.75) is 12.5 Å². The Bertz CT molecular complexity index is 1020. The summed E-state index contributed by atoms with van der Waals surface area (Å²) < 4.78 is 0. The average Bonchev–Trinajstić information content (AvgIpc) is 2.72. The molecule has 6 heteroatoms. The van der Waals surface area contributed by atoms with Crippen LogP contribution in [0.1, 0.15) is 18.0 Å².